The van der Waals surface area contributed by atoms with Gasteiger partial charge in [0.05, 0.1) is 16.6 Å². The topological polar surface area (TPSA) is 84.8 Å². The highest BCUT2D eigenvalue weighted by Crippen LogP contribution is 2.29. The van der Waals surface area contributed by atoms with Gasteiger partial charge >= 0.3 is 0 Å². The van der Waals surface area contributed by atoms with E-state index in [4.69, 9.17) is 0 Å². The number of nitrogens with zero attached hydrogens (tertiary/aromatic N) is 2. The fourth-order valence-corrected chi connectivity index (χ4v) is 3.59. The predicted molar refractivity (Wildman–Crippen MR) is 100 cm³/mol. The first-order valence-corrected chi connectivity index (χ1v) is 9.79. The van der Waals surface area contributed by atoms with E-state index < -0.39 is 9.84 Å². The Balaban J connectivity index is 1.97. The molecule has 26 heavy (non-hydrogen) atoms. The molecule has 0 spiro atoms. The molecule has 2 aromatic heterocycles. The first-order chi connectivity index (χ1) is 12.4. The fourth-order valence-electron chi connectivity index (χ4n) is 2.96. The number of hydrogen-bond donors (Lipinski definition) is 1. The summed E-state index contributed by atoms with van der Waals surface area (Å²) >= 11 is 0. The van der Waals surface area contributed by atoms with E-state index in [-0.39, 0.29) is 10.5 Å². The molecule has 0 aliphatic carbocycles. The number of fused-ring (bicyclic) bond motifs is 1. The standard InChI is InChI=1S/C19H15N3O3S/c1-26(24,25)15-9-7-14(8-10-15)22-11-16(13-5-3-2-4-6-13)17-18(22)20-12-21-19(17)23/h2-12H,1H3,(H,20,21,23). The fraction of sp³-hybridized carbons (Fsp3) is 0.0526. The Morgan fingerprint density at radius 3 is 2.35 bits per heavy atom. The van der Waals surface area contributed by atoms with E-state index in [0.717, 1.165) is 16.8 Å². The van der Waals surface area contributed by atoms with Crippen LogP contribution in [0.3, 0.4) is 0 Å². The largest absolute Gasteiger partial charge is 0.312 e. The second-order valence-corrected chi connectivity index (χ2v) is 7.99. The molecule has 0 amide bonds. The van der Waals surface area contributed by atoms with Gasteiger partial charge in [0.1, 0.15) is 0 Å². The van der Waals surface area contributed by atoms with Gasteiger partial charge < -0.3 is 9.55 Å². The van der Waals surface area contributed by atoms with Gasteiger partial charge in [-0.1, -0.05) is 30.3 Å². The van der Waals surface area contributed by atoms with E-state index in [2.05, 4.69) is 9.97 Å². The molecule has 0 fully saturated rings. The molecule has 6 nitrogen and oxygen atoms in total. The van der Waals surface area contributed by atoms with Crippen molar-refractivity contribution in [2.45, 2.75) is 4.90 Å². The molecule has 2 aromatic carbocycles. The summed E-state index contributed by atoms with van der Waals surface area (Å²) in [5, 5.41) is 0.492. The quantitative estimate of drug-likeness (QED) is 0.605. The molecule has 0 bridgehead atoms. The lowest BCUT2D eigenvalue weighted by molar-refractivity contribution is 0.602. The van der Waals surface area contributed by atoms with E-state index in [1.807, 2.05) is 36.5 Å². The number of sulfone groups is 1. The third kappa shape index (κ3) is 2.72. The third-order valence-corrected chi connectivity index (χ3v) is 5.35. The number of H-pyrrole nitrogens is 1. The minimum Gasteiger partial charge on any atom is -0.312 e. The van der Waals surface area contributed by atoms with Crippen molar-refractivity contribution < 1.29 is 8.42 Å². The molecule has 4 rings (SSSR count). The van der Waals surface area contributed by atoms with E-state index in [1.54, 1.807) is 28.8 Å². The van der Waals surface area contributed by atoms with Crippen molar-refractivity contribution in [3.63, 3.8) is 0 Å². The summed E-state index contributed by atoms with van der Waals surface area (Å²) in [6, 6.07) is 16.1. The highest BCUT2D eigenvalue weighted by molar-refractivity contribution is 7.90. The maximum absolute atomic E-state index is 12.4. The van der Waals surface area contributed by atoms with Crippen molar-refractivity contribution >= 4 is 20.9 Å². The van der Waals surface area contributed by atoms with Gasteiger partial charge in [-0.25, -0.2) is 13.4 Å². The highest BCUT2D eigenvalue weighted by Gasteiger charge is 2.16. The van der Waals surface area contributed by atoms with Crippen molar-refractivity contribution in [1.82, 2.24) is 14.5 Å². The lowest BCUT2D eigenvalue weighted by atomic mass is 10.1. The summed E-state index contributed by atoms with van der Waals surface area (Å²) < 4.78 is 25.1. The van der Waals surface area contributed by atoms with Crippen LogP contribution in [-0.4, -0.2) is 29.2 Å². The molecule has 1 N–H and O–H groups in total. The summed E-state index contributed by atoms with van der Waals surface area (Å²) in [5.74, 6) is 0. The SMILES string of the molecule is CS(=O)(=O)c1ccc(-n2cc(-c3ccccc3)c3c(=O)[nH]cnc32)cc1. The lowest BCUT2D eigenvalue weighted by Gasteiger charge is -2.05. The van der Waals surface area contributed by atoms with Crippen molar-refractivity contribution in [2.75, 3.05) is 6.26 Å². The molecule has 0 aliphatic heterocycles. The number of rotatable bonds is 3. The van der Waals surface area contributed by atoms with Crippen LogP contribution in [0.5, 0.6) is 0 Å². The molecular formula is C19H15N3O3S. The van der Waals surface area contributed by atoms with Crippen LogP contribution >= 0.6 is 0 Å². The average Bonchev–Trinajstić information content (AvgIpc) is 3.03. The molecule has 0 unspecified atom stereocenters. The maximum Gasteiger partial charge on any atom is 0.260 e. The normalized spacial score (nSPS) is 11.7. The Morgan fingerprint density at radius 1 is 1.00 bits per heavy atom. The molecule has 7 heteroatoms. The van der Waals surface area contributed by atoms with E-state index >= 15 is 0 Å². The minimum atomic E-state index is -3.27. The molecular weight excluding hydrogens is 350 g/mol. The predicted octanol–water partition coefficient (Wildman–Crippen LogP) is 2.78. The number of benzene rings is 2. The monoisotopic (exact) mass is 365 g/mol. The van der Waals surface area contributed by atoms with Crippen LogP contribution in [0.2, 0.25) is 0 Å². The number of aromatic nitrogens is 3. The summed E-state index contributed by atoms with van der Waals surface area (Å²) in [5.41, 5.74) is 2.69. The van der Waals surface area contributed by atoms with Gasteiger partial charge in [-0.2, -0.15) is 0 Å². The molecule has 0 saturated carbocycles. The molecule has 0 atom stereocenters. The Bertz CT molecular complexity index is 1260. The highest BCUT2D eigenvalue weighted by atomic mass is 32.2. The van der Waals surface area contributed by atoms with Crippen molar-refractivity contribution in [1.29, 1.82) is 0 Å². The zero-order valence-electron chi connectivity index (χ0n) is 13.9. The molecule has 0 saturated heterocycles. The van der Waals surface area contributed by atoms with Gasteiger partial charge in [0.25, 0.3) is 5.56 Å². The maximum atomic E-state index is 12.4. The van der Waals surface area contributed by atoms with Gasteiger partial charge in [0.2, 0.25) is 0 Å². The van der Waals surface area contributed by atoms with E-state index in [1.165, 1.54) is 12.6 Å². The van der Waals surface area contributed by atoms with Gasteiger partial charge in [0, 0.05) is 23.7 Å². The van der Waals surface area contributed by atoms with Crippen LogP contribution in [0.25, 0.3) is 27.8 Å². The Morgan fingerprint density at radius 2 is 1.69 bits per heavy atom. The van der Waals surface area contributed by atoms with Crippen molar-refractivity contribution in [3.8, 4) is 16.8 Å². The Hall–Kier alpha value is -3.19. The summed E-state index contributed by atoms with van der Waals surface area (Å²) in [6.45, 7) is 0. The Kier molecular flexibility index (Phi) is 3.73. The van der Waals surface area contributed by atoms with Crippen molar-refractivity contribution in [2.24, 2.45) is 0 Å². The smallest absolute Gasteiger partial charge is 0.260 e. The van der Waals surface area contributed by atoms with Crippen molar-refractivity contribution in [3.05, 3.63) is 77.5 Å². The van der Waals surface area contributed by atoms with Gasteiger partial charge in [-0.05, 0) is 29.8 Å². The zero-order valence-corrected chi connectivity index (χ0v) is 14.7. The average molecular weight is 365 g/mol. The van der Waals surface area contributed by atoms with Crippen LogP contribution in [0.1, 0.15) is 0 Å². The third-order valence-electron chi connectivity index (χ3n) is 4.22. The number of hydrogen-bond acceptors (Lipinski definition) is 4. The number of aromatic amines is 1. The zero-order chi connectivity index (χ0) is 18.3. The van der Waals surface area contributed by atoms with Gasteiger partial charge in [0.15, 0.2) is 15.5 Å². The summed E-state index contributed by atoms with van der Waals surface area (Å²) in [7, 11) is -3.27. The molecule has 130 valence electrons. The van der Waals surface area contributed by atoms with Crippen LogP contribution in [0.4, 0.5) is 0 Å². The van der Waals surface area contributed by atoms with E-state index in [0.29, 0.717) is 11.0 Å². The van der Waals surface area contributed by atoms with Gasteiger partial charge in [-0.15, -0.1) is 0 Å². The number of nitrogens with one attached hydrogen (secondary N) is 1. The summed E-state index contributed by atoms with van der Waals surface area (Å²) in [4.78, 5) is 19.6. The Labute approximate surface area is 149 Å². The molecule has 0 aliphatic rings. The van der Waals surface area contributed by atoms with E-state index in [9.17, 15) is 13.2 Å². The summed E-state index contributed by atoms with van der Waals surface area (Å²) in [6.07, 6.45) is 4.38. The van der Waals surface area contributed by atoms with Crippen LogP contribution in [0, 0.1) is 0 Å². The van der Waals surface area contributed by atoms with Gasteiger partial charge in [-0.3, -0.25) is 4.79 Å². The first kappa shape index (κ1) is 16.3. The van der Waals surface area contributed by atoms with Crippen LogP contribution in [0.15, 0.2) is 76.8 Å². The molecule has 0 radical (unpaired) electrons. The second-order valence-electron chi connectivity index (χ2n) is 5.98. The second kappa shape index (κ2) is 5.96. The molecule has 2 heterocycles. The minimum absolute atomic E-state index is 0.222. The molecule has 4 aromatic rings. The first-order valence-electron chi connectivity index (χ1n) is 7.90. The van der Waals surface area contributed by atoms with Crippen LogP contribution < -0.4 is 5.56 Å². The lowest BCUT2D eigenvalue weighted by Crippen LogP contribution is -2.07. The van der Waals surface area contributed by atoms with Crippen LogP contribution in [-0.2, 0) is 9.84 Å².